The van der Waals surface area contributed by atoms with Crippen LogP contribution in [-0.2, 0) is 11.2 Å². The molecule has 0 spiro atoms. The van der Waals surface area contributed by atoms with E-state index in [2.05, 4.69) is 41.8 Å². The zero-order chi connectivity index (χ0) is 15.1. The van der Waals surface area contributed by atoms with Gasteiger partial charge in [-0.05, 0) is 45.2 Å². The maximum absolute atomic E-state index is 12.1. The van der Waals surface area contributed by atoms with Crippen LogP contribution in [0.4, 0.5) is 0 Å². The van der Waals surface area contributed by atoms with Crippen molar-refractivity contribution in [3.63, 3.8) is 0 Å². The minimum atomic E-state index is -0.114. The third-order valence-corrected chi connectivity index (χ3v) is 4.29. The summed E-state index contributed by atoms with van der Waals surface area (Å²) in [5, 5.41) is 6.50. The molecule has 1 aliphatic rings. The van der Waals surface area contributed by atoms with Crippen LogP contribution in [0.25, 0.3) is 0 Å². The van der Waals surface area contributed by atoms with Crippen LogP contribution in [0.3, 0.4) is 0 Å². The van der Waals surface area contributed by atoms with Gasteiger partial charge in [-0.15, -0.1) is 0 Å². The zero-order valence-corrected chi connectivity index (χ0v) is 13.3. The summed E-state index contributed by atoms with van der Waals surface area (Å²) in [6, 6.07) is 8.82. The highest BCUT2D eigenvalue weighted by Gasteiger charge is 2.18. The van der Waals surface area contributed by atoms with Gasteiger partial charge in [-0.25, -0.2) is 0 Å². The van der Waals surface area contributed by atoms with Gasteiger partial charge in [-0.2, -0.15) is 0 Å². The number of nitrogens with one attached hydrogen (secondary N) is 2. The molecule has 2 N–H and O–H groups in total. The van der Waals surface area contributed by atoms with Gasteiger partial charge < -0.3 is 10.6 Å². The fraction of sp³-hybridized carbons (Fsp3) is 0.611. The normalized spacial score (nSPS) is 17.4. The van der Waals surface area contributed by atoms with E-state index in [-0.39, 0.29) is 11.9 Å². The van der Waals surface area contributed by atoms with E-state index < -0.39 is 0 Å². The summed E-state index contributed by atoms with van der Waals surface area (Å²) in [5.74, 6) is 0.145. The monoisotopic (exact) mass is 288 g/mol. The first-order chi connectivity index (χ1) is 10.1. The van der Waals surface area contributed by atoms with Gasteiger partial charge >= 0.3 is 0 Å². The van der Waals surface area contributed by atoms with E-state index in [1.54, 1.807) is 0 Å². The lowest BCUT2D eigenvalue weighted by Crippen LogP contribution is -2.47. The van der Waals surface area contributed by atoms with Crippen molar-refractivity contribution in [2.24, 2.45) is 0 Å². The van der Waals surface area contributed by atoms with Gasteiger partial charge in [0.25, 0.3) is 0 Å². The maximum Gasteiger partial charge on any atom is 0.237 e. The standard InChI is InChI=1S/C18H28N2O/c1-14-7-6-8-16(13-14)11-12-19-15(2)18(21)20-17-9-4-3-5-10-17/h6-8,13,15,17,19H,3-5,9-12H2,1-2H3,(H,20,21). The van der Waals surface area contributed by atoms with Gasteiger partial charge in [0, 0.05) is 6.04 Å². The van der Waals surface area contributed by atoms with E-state index >= 15 is 0 Å². The molecule has 0 aromatic heterocycles. The molecule has 1 saturated carbocycles. The second-order valence-corrected chi connectivity index (χ2v) is 6.26. The Labute approximate surface area is 128 Å². The molecule has 1 aromatic rings. The van der Waals surface area contributed by atoms with Gasteiger partial charge in [-0.1, -0.05) is 49.1 Å². The van der Waals surface area contributed by atoms with Crippen molar-refractivity contribution < 1.29 is 4.79 Å². The Kier molecular flexibility index (Phi) is 6.24. The summed E-state index contributed by atoms with van der Waals surface area (Å²) in [7, 11) is 0. The van der Waals surface area contributed by atoms with Crippen molar-refractivity contribution in [3.05, 3.63) is 35.4 Å². The Morgan fingerprint density at radius 1 is 1.29 bits per heavy atom. The molecule has 0 heterocycles. The van der Waals surface area contributed by atoms with Crippen LogP contribution in [0.2, 0.25) is 0 Å². The molecule has 0 bridgehead atoms. The summed E-state index contributed by atoms with van der Waals surface area (Å²) >= 11 is 0. The highest BCUT2D eigenvalue weighted by molar-refractivity contribution is 5.81. The fourth-order valence-corrected chi connectivity index (χ4v) is 2.97. The Balaban J connectivity index is 1.68. The molecule has 1 aliphatic carbocycles. The van der Waals surface area contributed by atoms with Crippen molar-refractivity contribution in [2.45, 2.75) is 64.5 Å². The lowest BCUT2D eigenvalue weighted by molar-refractivity contribution is -0.123. The van der Waals surface area contributed by atoms with E-state index in [1.165, 1.54) is 30.4 Å². The maximum atomic E-state index is 12.1. The smallest absolute Gasteiger partial charge is 0.237 e. The van der Waals surface area contributed by atoms with E-state index in [4.69, 9.17) is 0 Å². The van der Waals surface area contributed by atoms with Gasteiger partial charge in [0.2, 0.25) is 5.91 Å². The molecule has 3 nitrogen and oxygen atoms in total. The molecule has 1 unspecified atom stereocenters. The van der Waals surface area contributed by atoms with Crippen LogP contribution in [-0.4, -0.2) is 24.5 Å². The molecule has 1 atom stereocenters. The third kappa shape index (κ3) is 5.50. The molecule has 0 saturated heterocycles. The number of hydrogen-bond donors (Lipinski definition) is 2. The first-order valence-electron chi connectivity index (χ1n) is 8.24. The minimum absolute atomic E-state index is 0.114. The Morgan fingerprint density at radius 2 is 2.05 bits per heavy atom. The summed E-state index contributed by atoms with van der Waals surface area (Å²) in [6.45, 7) is 4.90. The highest BCUT2D eigenvalue weighted by Crippen LogP contribution is 2.17. The number of amides is 1. The van der Waals surface area contributed by atoms with Crippen LogP contribution in [0.15, 0.2) is 24.3 Å². The molecule has 1 amide bonds. The van der Waals surface area contributed by atoms with E-state index in [1.807, 2.05) is 6.92 Å². The van der Waals surface area contributed by atoms with Crippen molar-refractivity contribution in [2.75, 3.05) is 6.54 Å². The summed E-state index contributed by atoms with van der Waals surface area (Å²) < 4.78 is 0. The number of carbonyl (C=O) groups is 1. The van der Waals surface area contributed by atoms with Crippen molar-refractivity contribution >= 4 is 5.91 Å². The summed E-state index contributed by atoms with van der Waals surface area (Å²) in [5.41, 5.74) is 2.61. The highest BCUT2D eigenvalue weighted by atomic mass is 16.2. The zero-order valence-electron chi connectivity index (χ0n) is 13.3. The number of carbonyl (C=O) groups excluding carboxylic acids is 1. The summed E-state index contributed by atoms with van der Waals surface area (Å²) in [6.07, 6.45) is 7.06. The Hall–Kier alpha value is -1.35. The van der Waals surface area contributed by atoms with Crippen molar-refractivity contribution in [3.8, 4) is 0 Å². The van der Waals surface area contributed by atoms with E-state index in [9.17, 15) is 4.79 Å². The average molecular weight is 288 g/mol. The summed E-state index contributed by atoms with van der Waals surface area (Å²) in [4.78, 5) is 12.1. The third-order valence-electron chi connectivity index (χ3n) is 4.29. The van der Waals surface area contributed by atoms with Crippen LogP contribution >= 0.6 is 0 Å². The number of rotatable bonds is 6. The number of aryl methyl sites for hydroxylation is 1. The van der Waals surface area contributed by atoms with Crippen molar-refractivity contribution in [1.29, 1.82) is 0 Å². The Morgan fingerprint density at radius 3 is 2.76 bits per heavy atom. The van der Waals surface area contributed by atoms with Gasteiger partial charge in [-0.3, -0.25) is 4.79 Å². The molecule has 0 radical (unpaired) electrons. The lowest BCUT2D eigenvalue weighted by atomic mass is 9.95. The quantitative estimate of drug-likeness (QED) is 0.845. The van der Waals surface area contributed by atoms with Gasteiger partial charge in [0.15, 0.2) is 0 Å². The molecular formula is C18H28N2O. The first-order valence-corrected chi connectivity index (χ1v) is 8.24. The van der Waals surface area contributed by atoms with Crippen molar-refractivity contribution in [1.82, 2.24) is 10.6 Å². The minimum Gasteiger partial charge on any atom is -0.352 e. The Bertz CT molecular complexity index is 452. The molecule has 0 aliphatic heterocycles. The number of hydrogen-bond acceptors (Lipinski definition) is 2. The average Bonchev–Trinajstić information content (AvgIpc) is 2.48. The molecule has 1 fully saturated rings. The molecule has 2 rings (SSSR count). The van der Waals surface area contributed by atoms with E-state index in [0.29, 0.717) is 6.04 Å². The van der Waals surface area contributed by atoms with Gasteiger partial charge in [0.05, 0.1) is 6.04 Å². The van der Waals surface area contributed by atoms with Crippen LogP contribution in [0, 0.1) is 6.92 Å². The van der Waals surface area contributed by atoms with Crippen LogP contribution in [0.1, 0.15) is 50.2 Å². The molecule has 116 valence electrons. The topological polar surface area (TPSA) is 41.1 Å². The second-order valence-electron chi connectivity index (χ2n) is 6.26. The molecule has 1 aromatic carbocycles. The lowest BCUT2D eigenvalue weighted by Gasteiger charge is -2.24. The fourth-order valence-electron chi connectivity index (χ4n) is 2.97. The molecule has 21 heavy (non-hydrogen) atoms. The van der Waals surface area contributed by atoms with Crippen LogP contribution < -0.4 is 10.6 Å². The molecular weight excluding hydrogens is 260 g/mol. The number of benzene rings is 1. The first kappa shape index (κ1) is 16.0. The predicted molar refractivity (Wildman–Crippen MR) is 87.4 cm³/mol. The van der Waals surface area contributed by atoms with Crippen LogP contribution in [0.5, 0.6) is 0 Å². The van der Waals surface area contributed by atoms with Gasteiger partial charge in [0.1, 0.15) is 0 Å². The SMILES string of the molecule is Cc1cccc(CCNC(C)C(=O)NC2CCCCC2)c1. The molecule has 3 heteroatoms. The largest absolute Gasteiger partial charge is 0.352 e. The van der Waals surface area contributed by atoms with E-state index in [0.717, 1.165) is 25.8 Å². The second kappa shape index (κ2) is 8.18. The predicted octanol–water partition coefficient (Wildman–Crippen LogP) is 2.96.